The zero-order valence-electron chi connectivity index (χ0n) is 26.8. The van der Waals surface area contributed by atoms with E-state index < -0.39 is 0 Å². The van der Waals surface area contributed by atoms with Gasteiger partial charge in [0.2, 0.25) is 0 Å². The highest BCUT2D eigenvalue weighted by Crippen LogP contribution is 2.38. The fourth-order valence-electron chi connectivity index (χ4n) is 7.65. The van der Waals surface area contributed by atoms with Crippen LogP contribution in [-0.4, -0.2) is 4.57 Å². The first kappa shape index (κ1) is 27.7. The van der Waals surface area contributed by atoms with Crippen molar-refractivity contribution in [1.82, 2.24) is 4.57 Å². The summed E-state index contributed by atoms with van der Waals surface area (Å²) in [6.07, 6.45) is 0. The van der Waals surface area contributed by atoms with E-state index in [4.69, 9.17) is 0 Å². The first-order chi connectivity index (χ1) is 24.3. The van der Waals surface area contributed by atoms with Crippen LogP contribution in [-0.2, 0) is 0 Å². The molecule has 49 heavy (non-hydrogen) atoms. The smallest absolute Gasteiger partial charge is 0.0541 e. The van der Waals surface area contributed by atoms with Crippen LogP contribution in [0.5, 0.6) is 0 Å². The van der Waals surface area contributed by atoms with Gasteiger partial charge in [0.15, 0.2) is 0 Å². The van der Waals surface area contributed by atoms with E-state index in [9.17, 15) is 0 Å². The molecule has 0 radical (unpaired) electrons. The van der Waals surface area contributed by atoms with Gasteiger partial charge in [-0.15, -0.1) is 0 Å². The molecule has 0 spiro atoms. The summed E-state index contributed by atoms with van der Waals surface area (Å²) >= 11 is 0. The fourth-order valence-corrected chi connectivity index (χ4v) is 7.65. The molecule has 9 aromatic carbocycles. The average molecular weight is 622 g/mol. The van der Waals surface area contributed by atoms with Gasteiger partial charge >= 0.3 is 0 Å². The monoisotopic (exact) mass is 621 g/mol. The third-order valence-corrected chi connectivity index (χ3v) is 10.2. The van der Waals surface area contributed by atoms with Crippen molar-refractivity contribution >= 4 is 54.1 Å². The Bertz CT molecular complexity index is 2860. The number of fused-ring (bicyclic) bond motifs is 7. The molecule has 0 saturated carbocycles. The third-order valence-electron chi connectivity index (χ3n) is 10.2. The molecule has 0 aliphatic heterocycles. The predicted molar refractivity (Wildman–Crippen MR) is 210 cm³/mol. The summed E-state index contributed by atoms with van der Waals surface area (Å²) in [6, 6.07) is 68.8. The van der Waals surface area contributed by atoms with E-state index in [1.165, 1.54) is 93.2 Å². The summed E-state index contributed by atoms with van der Waals surface area (Å²) in [7, 11) is 0. The summed E-state index contributed by atoms with van der Waals surface area (Å²) in [5.74, 6) is 0. The van der Waals surface area contributed by atoms with E-state index in [1.54, 1.807) is 0 Å². The van der Waals surface area contributed by atoms with E-state index >= 15 is 0 Å². The van der Waals surface area contributed by atoms with E-state index in [0.717, 1.165) is 0 Å². The largest absolute Gasteiger partial charge is 0.309 e. The van der Waals surface area contributed by atoms with Crippen LogP contribution in [0.3, 0.4) is 0 Å². The molecular weight excluding hydrogens is 591 g/mol. The number of nitrogens with zero attached hydrogens (tertiary/aromatic N) is 1. The standard InChI is InChI=1S/C48H31N/c1-2-8-32(9-3-1)39-22-26-47-45(30-39)46-31-40(23-27-48(46)49(47)42-24-20-33-10-4-5-12-37(33)29-42)35-16-14-34(15-17-35)38-21-25-44-41(28-38)19-18-36-11-6-7-13-43(36)44/h1-31H. The summed E-state index contributed by atoms with van der Waals surface area (Å²) in [4.78, 5) is 0. The molecule has 10 rings (SSSR count). The van der Waals surface area contributed by atoms with E-state index in [2.05, 4.69) is 193 Å². The van der Waals surface area contributed by atoms with Crippen molar-refractivity contribution in [2.45, 2.75) is 0 Å². The topological polar surface area (TPSA) is 4.93 Å². The summed E-state index contributed by atoms with van der Waals surface area (Å²) in [5.41, 5.74) is 10.9. The molecular formula is C48H31N. The molecule has 0 fully saturated rings. The minimum absolute atomic E-state index is 1.17. The molecule has 0 N–H and O–H groups in total. The Labute approximate surface area is 284 Å². The van der Waals surface area contributed by atoms with Crippen LogP contribution >= 0.6 is 0 Å². The van der Waals surface area contributed by atoms with Gasteiger partial charge in [0.05, 0.1) is 11.0 Å². The molecule has 0 saturated heterocycles. The van der Waals surface area contributed by atoms with Crippen molar-refractivity contribution in [1.29, 1.82) is 0 Å². The molecule has 1 heteroatoms. The second kappa shape index (κ2) is 11.1. The highest BCUT2D eigenvalue weighted by Gasteiger charge is 2.15. The van der Waals surface area contributed by atoms with Gasteiger partial charge in [-0.05, 0) is 108 Å². The predicted octanol–water partition coefficient (Wildman–Crippen LogP) is 13.2. The Morgan fingerprint density at radius 1 is 0.245 bits per heavy atom. The number of aromatic nitrogens is 1. The van der Waals surface area contributed by atoms with Crippen molar-refractivity contribution in [2.75, 3.05) is 0 Å². The number of hydrogen-bond donors (Lipinski definition) is 0. The van der Waals surface area contributed by atoms with Crippen LogP contribution in [0.25, 0.3) is 93.2 Å². The van der Waals surface area contributed by atoms with Crippen LogP contribution in [0.1, 0.15) is 0 Å². The van der Waals surface area contributed by atoms with Crippen LogP contribution in [0.2, 0.25) is 0 Å². The van der Waals surface area contributed by atoms with Gasteiger partial charge in [0, 0.05) is 16.5 Å². The van der Waals surface area contributed by atoms with Gasteiger partial charge in [0.1, 0.15) is 0 Å². The van der Waals surface area contributed by atoms with Gasteiger partial charge in [-0.1, -0.05) is 146 Å². The Kier molecular flexibility index (Phi) is 6.25. The van der Waals surface area contributed by atoms with Gasteiger partial charge in [-0.2, -0.15) is 0 Å². The summed E-state index contributed by atoms with van der Waals surface area (Å²) in [6.45, 7) is 0. The van der Waals surface area contributed by atoms with Crippen molar-refractivity contribution in [3.63, 3.8) is 0 Å². The Hall–Kier alpha value is -6.44. The first-order valence-electron chi connectivity index (χ1n) is 16.9. The van der Waals surface area contributed by atoms with E-state index in [1.807, 2.05) is 0 Å². The molecule has 0 amide bonds. The summed E-state index contributed by atoms with van der Waals surface area (Å²) in [5, 5.41) is 10.1. The lowest BCUT2D eigenvalue weighted by Gasteiger charge is -2.10. The molecule has 1 heterocycles. The molecule has 0 bridgehead atoms. The van der Waals surface area contributed by atoms with Crippen molar-refractivity contribution in [3.8, 4) is 39.1 Å². The minimum atomic E-state index is 1.17. The lowest BCUT2D eigenvalue weighted by molar-refractivity contribution is 1.19. The normalized spacial score (nSPS) is 11.7. The summed E-state index contributed by atoms with van der Waals surface area (Å²) < 4.78 is 2.42. The zero-order chi connectivity index (χ0) is 32.3. The maximum atomic E-state index is 2.42. The molecule has 1 aromatic heterocycles. The van der Waals surface area contributed by atoms with E-state index in [0.29, 0.717) is 0 Å². The molecule has 0 aliphatic carbocycles. The minimum Gasteiger partial charge on any atom is -0.309 e. The average Bonchev–Trinajstić information content (AvgIpc) is 3.51. The zero-order valence-corrected chi connectivity index (χ0v) is 26.8. The lowest BCUT2D eigenvalue weighted by atomic mass is 9.96. The van der Waals surface area contributed by atoms with Crippen LogP contribution < -0.4 is 0 Å². The van der Waals surface area contributed by atoms with E-state index in [-0.39, 0.29) is 0 Å². The highest BCUT2D eigenvalue weighted by atomic mass is 15.0. The molecule has 1 nitrogen and oxygen atoms in total. The third kappa shape index (κ3) is 4.63. The van der Waals surface area contributed by atoms with Crippen LogP contribution in [0, 0.1) is 0 Å². The van der Waals surface area contributed by atoms with Crippen molar-refractivity contribution in [3.05, 3.63) is 188 Å². The van der Waals surface area contributed by atoms with Gasteiger partial charge in [-0.25, -0.2) is 0 Å². The Morgan fingerprint density at radius 2 is 0.735 bits per heavy atom. The SMILES string of the molecule is c1ccc(-c2ccc3c(c2)c2cc(-c4ccc(-c5ccc6c(ccc7ccccc76)c5)cc4)ccc2n3-c2ccc3ccccc3c2)cc1. The molecule has 0 unspecified atom stereocenters. The lowest BCUT2D eigenvalue weighted by Crippen LogP contribution is -1.94. The second-order valence-corrected chi connectivity index (χ2v) is 13.0. The number of benzene rings is 9. The van der Waals surface area contributed by atoms with Crippen molar-refractivity contribution < 1.29 is 0 Å². The maximum Gasteiger partial charge on any atom is 0.0541 e. The van der Waals surface area contributed by atoms with Crippen molar-refractivity contribution in [2.24, 2.45) is 0 Å². The maximum absolute atomic E-state index is 2.42. The van der Waals surface area contributed by atoms with Gasteiger partial charge in [0.25, 0.3) is 0 Å². The number of hydrogen-bond acceptors (Lipinski definition) is 0. The second-order valence-electron chi connectivity index (χ2n) is 13.0. The molecule has 228 valence electrons. The molecule has 0 atom stereocenters. The molecule has 10 aromatic rings. The van der Waals surface area contributed by atoms with Gasteiger partial charge < -0.3 is 4.57 Å². The molecule has 0 aliphatic rings. The quantitative estimate of drug-likeness (QED) is 0.172. The first-order valence-corrected chi connectivity index (χ1v) is 16.9. The van der Waals surface area contributed by atoms with Gasteiger partial charge in [-0.3, -0.25) is 0 Å². The Balaban J connectivity index is 1.09. The van der Waals surface area contributed by atoms with Crippen LogP contribution in [0.15, 0.2) is 188 Å². The number of rotatable bonds is 4. The highest BCUT2D eigenvalue weighted by molar-refractivity contribution is 6.12. The Morgan fingerprint density at radius 3 is 1.45 bits per heavy atom. The van der Waals surface area contributed by atoms with Crippen LogP contribution in [0.4, 0.5) is 0 Å². The fraction of sp³-hybridized carbons (Fsp3) is 0.